The third-order valence-electron chi connectivity index (χ3n) is 2.76. The lowest BCUT2D eigenvalue weighted by atomic mass is 10.1. The van der Waals surface area contributed by atoms with E-state index >= 15 is 0 Å². The van der Waals surface area contributed by atoms with E-state index in [-0.39, 0.29) is 12.5 Å². The minimum absolute atomic E-state index is 0.129. The molecule has 22 heavy (non-hydrogen) atoms. The number of hydrazone groups is 1. The Labute approximate surface area is 142 Å². The van der Waals surface area contributed by atoms with Gasteiger partial charge in [-0.3, -0.25) is 4.79 Å². The minimum atomic E-state index is -0.339. The third kappa shape index (κ3) is 5.16. The summed E-state index contributed by atoms with van der Waals surface area (Å²) >= 11 is 9.23. The SMILES string of the molecule is CC(=NNC(=O)COc1cccc(Cl)c1)c1cccc(Br)c1. The summed E-state index contributed by atoms with van der Waals surface area (Å²) in [6, 6.07) is 14.5. The van der Waals surface area contributed by atoms with Gasteiger partial charge >= 0.3 is 0 Å². The van der Waals surface area contributed by atoms with Gasteiger partial charge in [0, 0.05) is 9.50 Å². The molecule has 1 amide bonds. The number of halogens is 2. The number of hydrogen-bond donors (Lipinski definition) is 1. The van der Waals surface area contributed by atoms with Crippen LogP contribution in [0.2, 0.25) is 5.02 Å². The van der Waals surface area contributed by atoms with E-state index in [1.54, 1.807) is 24.3 Å². The molecule has 1 N–H and O–H groups in total. The van der Waals surface area contributed by atoms with Crippen molar-refractivity contribution >= 4 is 39.1 Å². The van der Waals surface area contributed by atoms with Crippen LogP contribution in [-0.4, -0.2) is 18.2 Å². The number of amides is 1. The molecule has 0 unspecified atom stereocenters. The standard InChI is InChI=1S/C16H14BrClN2O2/c1-11(12-4-2-5-13(17)8-12)19-20-16(21)10-22-15-7-3-6-14(18)9-15/h2-9H,10H2,1H3,(H,20,21). The summed E-state index contributed by atoms with van der Waals surface area (Å²) in [6.07, 6.45) is 0. The first-order valence-electron chi connectivity index (χ1n) is 6.52. The zero-order valence-corrected chi connectivity index (χ0v) is 14.2. The first-order chi connectivity index (χ1) is 10.5. The average molecular weight is 382 g/mol. The molecule has 0 aliphatic heterocycles. The Balaban J connectivity index is 1.88. The number of rotatable bonds is 5. The van der Waals surface area contributed by atoms with Crippen LogP contribution < -0.4 is 10.2 Å². The van der Waals surface area contributed by atoms with E-state index < -0.39 is 0 Å². The minimum Gasteiger partial charge on any atom is -0.484 e. The Bertz CT molecular complexity index is 704. The molecule has 0 atom stereocenters. The van der Waals surface area contributed by atoms with Crippen molar-refractivity contribution in [2.75, 3.05) is 6.61 Å². The van der Waals surface area contributed by atoms with Gasteiger partial charge in [-0.25, -0.2) is 5.43 Å². The summed E-state index contributed by atoms with van der Waals surface area (Å²) in [5.74, 6) is 0.199. The Morgan fingerprint density at radius 1 is 1.27 bits per heavy atom. The Morgan fingerprint density at radius 2 is 2.05 bits per heavy atom. The second kappa shape index (κ2) is 7.96. The van der Waals surface area contributed by atoms with Crippen LogP contribution in [0.4, 0.5) is 0 Å². The molecule has 0 fully saturated rings. The fourth-order valence-electron chi connectivity index (χ4n) is 1.66. The molecule has 0 spiro atoms. The van der Waals surface area contributed by atoms with Gasteiger partial charge < -0.3 is 4.74 Å². The lowest BCUT2D eigenvalue weighted by Gasteiger charge is -2.06. The Kier molecular flexibility index (Phi) is 5.98. The van der Waals surface area contributed by atoms with Crippen LogP contribution in [0.3, 0.4) is 0 Å². The lowest BCUT2D eigenvalue weighted by molar-refractivity contribution is -0.123. The van der Waals surface area contributed by atoms with Crippen LogP contribution >= 0.6 is 27.5 Å². The summed E-state index contributed by atoms with van der Waals surface area (Å²) in [7, 11) is 0. The molecule has 2 rings (SSSR count). The molecule has 2 aromatic rings. The average Bonchev–Trinajstić information content (AvgIpc) is 2.50. The van der Waals surface area contributed by atoms with Crippen molar-refractivity contribution in [2.45, 2.75) is 6.92 Å². The Morgan fingerprint density at radius 3 is 2.77 bits per heavy atom. The fraction of sp³-hybridized carbons (Fsp3) is 0.125. The lowest BCUT2D eigenvalue weighted by Crippen LogP contribution is -2.25. The van der Waals surface area contributed by atoms with Crippen LogP contribution in [0.25, 0.3) is 0 Å². The number of benzene rings is 2. The molecule has 0 saturated carbocycles. The van der Waals surface area contributed by atoms with Gasteiger partial charge in [0.05, 0.1) is 5.71 Å². The monoisotopic (exact) mass is 380 g/mol. The van der Waals surface area contributed by atoms with Crippen molar-refractivity contribution in [1.29, 1.82) is 0 Å². The van der Waals surface area contributed by atoms with Crippen molar-refractivity contribution < 1.29 is 9.53 Å². The molecule has 0 aromatic heterocycles. The van der Waals surface area contributed by atoms with Crippen LogP contribution in [0, 0.1) is 0 Å². The maximum Gasteiger partial charge on any atom is 0.277 e. The highest BCUT2D eigenvalue weighted by Crippen LogP contribution is 2.16. The van der Waals surface area contributed by atoms with Crippen molar-refractivity contribution in [2.24, 2.45) is 5.10 Å². The number of carbonyl (C=O) groups is 1. The van der Waals surface area contributed by atoms with E-state index in [9.17, 15) is 4.79 Å². The number of hydrogen-bond acceptors (Lipinski definition) is 3. The summed E-state index contributed by atoms with van der Waals surface area (Å²) in [5, 5.41) is 4.61. The smallest absolute Gasteiger partial charge is 0.277 e. The van der Waals surface area contributed by atoms with E-state index in [1.807, 2.05) is 31.2 Å². The summed E-state index contributed by atoms with van der Waals surface area (Å²) in [4.78, 5) is 11.7. The molecular formula is C16H14BrClN2O2. The molecule has 0 heterocycles. The maximum atomic E-state index is 11.7. The van der Waals surface area contributed by atoms with Gasteiger partial charge in [0.1, 0.15) is 5.75 Å². The first-order valence-corrected chi connectivity index (χ1v) is 7.69. The molecule has 0 radical (unpaired) electrons. The quantitative estimate of drug-likeness (QED) is 0.628. The van der Waals surface area contributed by atoms with Crippen molar-refractivity contribution in [1.82, 2.24) is 5.43 Å². The predicted octanol–water partition coefficient (Wildman–Crippen LogP) is 4.02. The first kappa shape index (κ1) is 16.5. The number of nitrogens with zero attached hydrogens (tertiary/aromatic N) is 1. The van der Waals surface area contributed by atoms with Crippen LogP contribution in [0.1, 0.15) is 12.5 Å². The van der Waals surface area contributed by atoms with Crippen LogP contribution in [0.5, 0.6) is 5.75 Å². The highest BCUT2D eigenvalue weighted by Gasteiger charge is 2.03. The second-order valence-corrected chi connectivity index (χ2v) is 5.84. The molecule has 6 heteroatoms. The second-order valence-electron chi connectivity index (χ2n) is 4.49. The highest BCUT2D eigenvalue weighted by molar-refractivity contribution is 9.10. The number of ether oxygens (including phenoxy) is 1. The largest absolute Gasteiger partial charge is 0.484 e. The van der Waals surface area contributed by atoms with E-state index in [1.165, 1.54) is 0 Å². The number of nitrogens with one attached hydrogen (secondary N) is 1. The van der Waals surface area contributed by atoms with Gasteiger partial charge in [-0.15, -0.1) is 0 Å². The molecule has 2 aromatic carbocycles. The van der Waals surface area contributed by atoms with Gasteiger partial charge in [0.25, 0.3) is 5.91 Å². The summed E-state index contributed by atoms with van der Waals surface area (Å²) < 4.78 is 6.29. The van der Waals surface area contributed by atoms with E-state index in [4.69, 9.17) is 16.3 Å². The fourth-order valence-corrected chi connectivity index (χ4v) is 2.24. The summed E-state index contributed by atoms with van der Waals surface area (Å²) in [6.45, 7) is 1.69. The summed E-state index contributed by atoms with van der Waals surface area (Å²) in [5.41, 5.74) is 4.09. The van der Waals surface area contributed by atoms with Gasteiger partial charge in [0.15, 0.2) is 6.61 Å². The highest BCUT2D eigenvalue weighted by atomic mass is 79.9. The van der Waals surface area contributed by atoms with Gasteiger partial charge in [-0.05, 0) is 42.8 Å². The molecular weight excluding hydrogens is 368 g/mol. The molecule has 0 bridgehead atoms. The van der Waals surface area contributed by atoms with E-state index in [2.05, 4.69) is 26.5 Å². The van der Waals surface area contributed by atoms with Crippen molar-refractivity contribution in [3.63, 3.8) is 0 Å². The van der Waals surface area contributed by atoms with E-state index in [0.717, 1.165) is 10.0 Å². The van der Waals surface area contributed by atoms with Crippen molar-refractivity contribution in [3.05, 3.63) is 63.6 Å². The van der Waals surface area contributed by atoms with Crippen LogP contribution in [-0.2, 0) is 4.79 Å². The van der Waals surface area contributed by atoms with Gasteiger partial charge in [-0.1, -0.05) is 45.7 Å². The predicted molar refractivity (Wildman–Crippen MR) is 91.4 cm³/mol. The molecule has 4 nitrogen and oxygen atoms in total. The van der Waals surface area contributed by atoms with Crippen LogP contribution in [0.15, 0.2) is 58.1 Å². The third-order valence-corrected chi connectivity index (χ3v) is 3.49. The molecule has 114 valence electrons. The van der Waals surface area contributed by atoms with Gasteiger partial charge in [0.2, 0.25) is 0 Å². The number of carbonyl (C=O) groups excluding carboxylic acids is 1. The van der Waals surface area contributed by atoms with Gasteiger partial charge in [-0.2, -0.15) is 5.10 Å². The van der Waals surface area contributed by atoms with Crippen molar-refractivity contribution in [3.8, 4) is 5.75 Å². The molecule has 0 aliphatic rings. The normalized spacial score (nSPS) is 11.1. The zero-order valence-electron chi connectivity index (χ0n) is 11.8. The topological polar surface area (TPSA) is 50.7 Å². The zero-order chi connectivity index (χ0) is 15.9. The van der Waals surface area contributed by atoms with E-state index in [0.29, 0.717) is 16.5 Å². The Hall–Kier alpha value is -1.85. The molecule has 0 saturated heterocycles. The maximum absolute atomic E-state index is 11.7. The molecule has 0 aliphatic carbocycles.